The van der Waals surface area contributed by atoms with Gasteiger partial charge in [-0.3, -0.25) is 19.1 Å². The molecule has 1 N–H and O–H groups in total. The number of rotatable bonds is 8. The van der Waals surface area contributed by atoms with E-state index in [0.717, 1.165) is 27.3 Å². The summed E-state index contributed by atoms with van der Waals surface area (Å²) in [5.74, 6) is -0.774. The number of esters is 1. The Morgan fingerprint density at radius 3 is 2.74 bits per heavy atom. The van der Waals surface area contributed by atoms with Crippen LogP contribution in [0.2, 0.25) is 0 Å². The van der Waals surface area contributed by atoms with Gasteiger partial charge >= 0.3 is 5.97 Å². The number of aryl methyl sites for hydroxylation is 3. The van der Waals surface area contributed by atoms with Gasteiger partial charge in [-0.15, -0.1) is 22.7 Å². The van der Waals surface area contributed by atoms with Gasteiger partial charge in [0.25, 0.3) is 5.56 Å². The minimum absolute atomic E-state index is 0.0221. The van der Waals surface area contributed by atoms with E-state index in [1.165, 1.54) is 41.5 Å². The predicted molar refractivity (Wildman–Crippen MR) is 141 cm³/mol. The molecule has 182 valence electrons. The molecule has 0 fully saturated rings. The molecule has 0 atom stereocenters. The number of fused-ring (bicyclic) bond motifs is 1. The number of hydrogen-bond donors (Lipinski definition) is 1. The average Bonchev–Trinajstić information content (AvgIpc) is 3.39. The first kappa shape index (κ1) is 25.1. The lowest BCUT2D eigenvalue weighted by Gasteiger charge is -2.12. The number of anilines is 1. The number of thioether (sulfide) groups is 1. The van der Waals surface area contributed by atoms with Gasteiger partial charge in [0.05, 0.1) is 30.4 Å². The molecule has 8 nitrogen and oxygen atoms in total. The lowest BCUT2D eigenvalue weighted by Crippen LogP contribution is -2.25. The molecule has 0 saturated carbocycles. The minimum atomic E-state index is -0.496. The number of hydrogen-bond acceptors (Lipinski definition) is 9. The zero-order chi connectivity index (χ0) is 25.1. The molecular formula is C24H24N4O4S3. The SMILES string of the molecule is CCc1cc(C(=O)OC)c(NC(=O)CSc2nc3sc(C)c(C)c3c(=O)n2Cc2cccnc2)s1. The van der Waals surface area contributed by atoms with Crippen molar-refractivity contribution < 1.29 is 14.3 Å². The largest absolute Gasteiger partial charge is 0.465 e. The fourth-order valence-electron chi connectivity index (χ4n) is 3.50. The van der Waals surface area contributed by atoms with Crippen molar-refractivity contribution >= 4 is 61.5 Å². The summed E-state index contributed by atoms with van der Waals surface area (Å²) in [6.07, 6.45) is 4.13. The van der Waals surface area contributed by atoms with Gasteiger partial charge in [0.1, 0.15) is 9.83 Å². The van der Waals surface area contributed by atoms with Crippen LogP contribution in [0.1, 0.15) is 38.2 Å². The Morgan fingerprint density at radius 2 is 2.06 bits per heavy atom. The second-order valence-electron chi connectivity index (χ2n) is 7.75. The highest BCUT2D eigenvalue weighted by molar-refractivity contribution is 7.99. The van der Waals surface area contributed by atoms with Crippen LogP contribution in [0.5, 0.6) is 0 Å². The molecule has 0 unspecified atom stereocenters. The summed E-state index contributed by atoms with van der Waals surface area (Å²) in [4.78, 5) is 49.9. The molecular weight excluding hydrogens is 504 g/mol. The van der Waals surface area contributed by atoms with E-state index in [2.05, 4.69) is 10.3 Å². The monoisotopic (exact) mass is 528 g/mol. The first-order valence-electron chi connectivity index (χ1n) is 10.9. The Hall–Kier alpha value is -3.02. The third-order valence-electron chi connectivity index (χ3n) is 5.44. The highest BCUT2D eigenvalue weighted by Crippen LogP contribution is 2.31. The van der Waals surface area contributed by atoms with Gasteiger partial charge in [-0.2, -0.15) is 0 Å². The molecule has 4 rings (SSSR count). The van der Waals surface area contributed by atoms with E-state index in [4.69, 9.17) is 9.72 Å². The summed E-state index contributed by atoms with van der Waals surface area (Å²) in [5.41, 5.74) is 1.99. The molecule has 0 bridgehead atoms. The van der Waals surface area contributed by atoms with Crippen LogP contribution in [0, 0.1) is 13.8 Å². The van der Waals surface area contributed by atoms with Crippen LogP contribution in [0.4, 0.5) is 5.00 Å². The standard InChI is InChI=1S/C24H24N4O4S3/c1-5-16-9-17(23(31)32-4)20(35-16)26-18(29)12-33-24-27-21-19(13(2)14(3)34-21)22(30)28(24)11-15-7-6-8-25-10-15/h6-10H,5,11-12H2,1-4H3,(H,26,29). The molecule has 0 aromatic carbocycles. The van der Waals surface area contributed by atoms with Crippen LogP contribution in [-0.4, -0.2) is 39.3 Å². The first-order valence-corrected chi connectivity index (χ1v) is 13.5. The van der Waals surface area contributed by atoms with E-state index < -0.39 is 5.97 Å². The number of ether oxygens (including phenoxy) is 1. The molecule has 0 aliphatic carbocycles. The molecule has 35 heavy (non-hydrogen) atoms. The van der Waals surface area contributed by atoms with Crippen molar-refractivity contribution in [1.82, 2.24) is 14.5 Å². The van der Waals surface area contributed by atoms with Crippen molar-refractivity contribution in [3.05, 3.63) is 67.4 Å². The van der Waals surface area contributed by atoms with Crippen LogP contribution < -0.4 is 10.9 Å². The van der Waals surface area contributed by atoms with Crippen molar-refractivity contribution in [2.24, 2.45) is 0 Å². The number of nitrogens with zero attached hydrogens (tertiary/aromatic N) is 3. The van der Waals surface area contributed by atoms with E-state index in [1.54, 1.807) is 23.0 Å². The summed E-state index contributed by atoms with van der Waals surface area (Å²) < 4.78 is 6.44. The highest BCUT2D eigenvalue weighted by Gasteiger charge is 2.20. The second-order valence-corrected chi connectivity index (χ2v) is 11.0. The number of methoxy groups -OCH3 is 1. The Balaban J connectivity index is 1.62. The van der Waals surface area contributed by atoms with Gasteiger partial charge in [-0.05, 0) is 43.5 Å². The predicted octanol–water partition coefficient (Wildman–Crippen LogP) is 4.66. The lowest BCUT2D eigenvalue weighted by atomic mass is 10.2. The van der Waals surface area contributed by atoms with Crippen molar-refractivity contribution in [1.29, 1.82) is 0 Å². The van der Waals surface area contributed by atoms with Gasteiger partial charge in [0.2, 0.25) is 5.91 Å². The van der Waals surface area contributed by atoms with Crippen molar-refractivity contribution in [3.8, 4) is 0 Å². The third-order valence-corrected chi connectivity index (χ3v) is 8.71. The number of pyridine rings is 1. The van der Waals surface area contributed by atoms with Crippen LogP contribution >= 0.6 is 34.4 Å². The van der Waals surface area contributed by atoms with E-state index in [-0.39, 0.29) is 17.2 Å². The highest BCUT2D eigenvalue weighted by atomic mass is 32.2. The van der Waals surface area contributed by atoms with Gasteiger partial charge in [0, 0.05) is 22.1 Å². The van der Waals surface area contributed by atoms with E-state index in [9.17, 15) is 14.4 Å². The summed E-state index contributed by atoms with van der Waals surface area (Å²) >= 11 is 4.00. The summed E-state index contributed by atoms with van der Waals surface area (Å²) in [5, 5.41) is 4.34. The number of nitrogens with one attached hydrogen (secondary N) is 1. The van der Waals surface area contributed by atoms with Crippen molar-refractivity contribution in [2.75, 3.05) is 18.2 Å². The average molecular weight is 529 g/mol. The van der Waals surface area contributed by atoms with Gasteiger partial charge in [-0.1, -0.05) is 24.8 Å². The zero-order valence-corrected chi connectivity index (χ0v) is 22.2. The maximum absolute atomic E-state index is 13.5. The third kappa shape index (κ3) is 5.31. The Labute approximate surface area is 214 Å². The molecule has 0 spiro atoms. The molecule has 4 aromatic rings. The van der Waals surface area contributed by atoms with Crippen LogP contribution in [0.15, 0.2) is 40.5 Å². The van der Waals surface area contributed by atoms with Crippen molar-refractivity contribution in [2.45, 2.75) is 38.9 Å². The number of aromatic nitrogens is 3. The fraction of sp³-hybridized carbons (Fsp3) is 0.292. The summed E-state index contributed by atoms with van der Waals surface area (Å²) in [7, 11) is 1.31. The Morgan fingerprint density at radius 1 is 1.26 bits per heavy atom. The summed E-state index contributed by atoms with van der Waals surface area (Å²) in [6.45, 7) is 6.17. The molecule has 1 amide bonds. The number of thiophene rings is 2. The van der Waals surface area contributed by atoms with Crippen LogP contribution in [0.25, 0.3) is 10.2 Å². The molecule has 11 heteroatoms. The van der Waals surface area contributed by atoms with Gasteiger partial charge < -0.3 is 10.1 Å². The lowest BCUT2D eigenvalue weighted by molar-refractivity contribution is -0.113. The van der Waals surface area contributed by atoms with Gasteiger partial charge in [0.15, 0.2) is 5.16 Å². The van der Waals surface area contributed by atoms with E-state index in [1.807, 2.05) is 32.9 Å². The maximum atomic E-state index is 13.5. The molecule has 0 aliphatic rings. The quantitative estimate of drug-likeness (QED) is 0.202. The normalized spacial score (nSPS) is 11.1. The first-order chi connectivity index (χ1) is 16.8. The zero-order valence-electron chi connectivity index (χ0n) is 19.7. The maximum Gasteiger partial charge on any atom is 0.340 e. The molecule has 4 aromatic heterocycles. The number of amides is 1. The van der Waals surface area contributed by atoms with E-state index >= 15 is 0 Å². The fourth-order valence-corrected chi connectivity index (χ4v) is 6.37. The van der Waals surface area contributed by atoms with Crippen LogP contribution in [-0.2, 0) is 22.5 Å². The Bertz CT molecular complexity index is 1460. The molecule has 4 heterocycles. The molecule has 0 radical (unpaired) electrons. The summed E-state index contributed by atoms with van der Waals surface area (Å²) in [6, 6.07) is 5.45. The smallest absolute Gasteiger partial charge is 0.340 e. The minimum Gasteiger partial charge on any atom is -0.465 e. The van der Waals surface area contributed by atoms with Gasteiger partial charge in [-0.25, -0.2) is 9.78 Å². The molecule has 0 aliphatic heterocycles. The Kier molecular flexibility index (Phi) is 7.68. The molecule has 0 saturated heterocycles. The van der Waals surface area contributed by atoms with Crippen molar-refractivity contribution in [3.63, 3.8) is 0 Å². The topological polar surface area (TPSA) is 103 Å². The van der Waals surface area contributed by atoms with Crippen LogP contribution in [0.3, 0.4) is 0 Å². The number of carbonyl (C=O) groups excluding carboxylic acids is 2. The number of carbonyl (C=O) groups is 2. The van der Waals surface area contributed by atoms with E-state index in [0.29, 0.717) is 32.5 Å². The second kappa shape index (κ2) is 10.7.